The Labute approximate surface area is 186 Å². The third-order valence-corrected chi connectivity index (χ3v) is 6.41. The van der Waals surface area contributed by atoms with Crippen LogP contribution in [0.2, 0.25) is 0 Å². The van der Waals surface area contributed by atoms with Crippen LogP contribution < -0.4 is 10.3 Å². The molecule has 0 amide bonds. The number of hydrogen-bond donors (Lipinski definition) is 1. The number of H-pyrrole nitrogens is 1. The maximum atomic E-state index is 13.3. The summed E-state index contributed by atoms with van der Waals surface area (Å²) in [5.74, 6) is 1.49. The number of nitrogens with one attached hydrogen (secondary N) is 1. The van der Waals surface area contributed by atoms with Gasteiger partial charge in [0.25, 0.3) is 5.56 Å². The minimum absolute atomic E-state index is 0.108. The lowest BCUT2D eigenvalue weighted by Gasteiger charge is -2.33. The minimum atomic E-state index is -0.310. The molecule has 9 nitrogen and oxygen atoms in total. The molecule has 2 aliphatic rings. The van der Waals surface area contributed by atoms with E-state index in [1.165, 1.54) is 6.42 Å². The molecule has 5 rings (SSSR count). The Bertz CT molecular complexity index is 1110. The molecule has 2 aliphatic heterocycles. The van der Waals surface area contributed by atoms with Gasteiger partial charge in [0.15, 0.2) is 5.82 Å². The predicted octanol–water partition coefficient (Wildman–Crippen LogP) is 2.67. The normalized spacial score (nSPS) is 20.6. The molecule has 4 heterocycles. The highest BCUT2D eigenvalue weighted by molar-refractivity contribution is 5.80. The molecule has 170 valence electrons. The molecule has 0 spiro atoms. The van der Waals surface area contributed by atoms with Gasteiger partial charge in [-0.1, -0.05) is 6.42 Å². The van der Waals surface area contributed by atoms with E-state index in [4.69, 9.17) is 9.47 Å². The zero-order chi connectivity index (χ0) is 21.9. The van der Waals surface area contributed by atoms with Crippen LogP contribution in [0.4, 0.5) is 0 Å². The number of likely N-dealkylation sites (tertiary alicyclic amines) is 1. The fourth-order valence-corrected chi connectivity index (χ4v) is 4.86. The Kier molecular flexibility index (Phi) is 6.18. The molecule has 0 saturated carbocycles. The van der Waals surface area contributed by atoms with Crippen LogP contribution >= 0.6 is 0 Å². The summed E-state index contributed by atoms with van der Waals surface area (Å²) in [5.41, 5.74) is 1.35. The van der Waals surface area contributed by atoms with Gasteiger partial charge in [0.05, 0.1) is 19.3 Å². The van der Waals surface area contributed by atoms with Gasteiger partial charge in [-0.2, -0.15) is 0 Å². The first-order chi connectivity index (χ1) is 15.7. The van der Waals surface area contributed by atoms with E-state index in [0.29, 0.717) is 24.5 Å². The van der Waals surface area contributed by atoms with Crippen LogP contribution in [0.1, 0.15) is 56.5 Å². The predicted molar refractivity (Wildman–Crippen MR) is 120 cm³/mol. The van der Waals surface area contributed by atoms with Crippen molar-refractivity contribution in [2.24, 2.45) is 0 Å². The monoisotopic (exact) mass is 438 g/mol. The molecular formula is C23H30N6O3. The van der Waals surface area contributed by atoms with Gasteiger partial charge < -0.3 is 14.5 Å². The van der Waals surface area contributed by atoms with Crippen molar-refractivity contribution in [3.8, 4) is 5.75 Å². The molecule has 0 aliphatic carbocycles. The number of benzene rings is 1. The Balaban J connectivity index is 1.58. The number of pyridine rings is 1. The number of piperidine rings is 1. The molecule has 3 aromatic rings. The Morgan fingerprint density at radius 2 is 2.09 bits per heavy atom. The highest BCUT2D eigenvalue weighted by Gasteiger charge is 2.32. The van der Waals surface area contributed by atoms with E-state index >= 15 is 0 Å². The quantitative estimate of drug-likeness (QED) is 0.606. The van der Waals surface area contributed by atoms with Crippen LogP contribution in [0.3, 0.4) is 0 Å². The molecular weight excluding hydrogens is 408 g/mol. The first kappa shape index (κ1) is 21.1. The fraction of sp³-hybridized carbons (Fsp3) is 0.565. The largest absolute Gasteiger partial charge is 0.494 e. The lowest BCUT2D eigenvalue weighted by Crippen LogP contribution is -2.39. The number of aromatic amines is 1. The molecule has 2 saturated heterocycles. The highest BCUT2D eigenvalue weighted by Crippen LogP contribution is 2.30. The molecule has 2 aromatic heterocycles. The summed E-state index contributed by atoms with van der Waals surface area (Å²) in [7, 11) is 0. The van der Waals surface area contributed by atoms with Crippen molar-refractivity contribution < 1.29 is 9.47 Å². The lowest BCUT2D eigenvalue weighted by molar-refractivity contribution is 0.0902. The first-order valence-corrected chi connectivity index (χ1v) is 11.6. The average Bonchev–Trinajstić information content (AvgIpc) is 3.49. The maximum Gasteiger partial charge on any atom is 0.253 e. The molecule has 1 aromatic carbocycles. The van der Waals surface area contributed by atoms with Crippen molar-refractivity contribution >= 4 is 10.9 Å². The summed E-state index contributed by atoms with van der Waals surface area (Å²) in [6.45, 7) is 5.76. The Morgan fingerprint density at radius 1 is 1.22 bits per heavy atom. The van der Waals surface area contributed by atoms with E-state index in [1.807, 2.05) is 35.9 Å². The number of hydrogen-bond acceptors (Lipinski definition) is 7. The van der Waals surface area contributed by atoms with Crippen molar-refractivity contribution in [3.05, 3.63) is 46.0 Å². The van der Waals surface area contributed by atoms with E-state index in [1.54, 1.807) is 0 Å². The second kappa shape index (κ2) is 9.38. The lowest BCUT2D eigenvalue weighted by atomic mass is 10.0. The average molecular weight is 439 g/mol. The summed E-state index contributed by atoms with van der Waals surface area (Å²) in [6.07, 6.45) is 5.58. The Morgan fingerprint density at radius 3 is 2.88 bits per heavy atom. The van der Waals surface area contributed by atoms with E-state index in [0.717, 1.165) is 62.0 Å². The van der Waals surface area contributed by atoms with Crippen LogP contribution in [0.15, 0.2) is 29.1 Å². The molecule has 9 heteroatoms. The molecule has 2 atom stereocenters. The van der Waals surface area contributed by atoms with E-state index < -0.39 is 0 Å². The molecule has 0 bridgehead atoms. The van der Waals surface area contributed by atoms with Crippen LogP contribution in [-0.2, 0) is 11.3 Å². The van der Waals surface area contributed by atoms with Gasteiger partial charge in [0.1, 0.15) is 11.8 Å². The molecule has 0 radical (unpaired) electrons. The van der Waals surface area contributed by atoms with E-state index in [2.05, 4.69) is 25.4 Å². The topological polar surface area (TPSA) is 98.2 Å². The summed E-state index contributed by atoms with van der Waals surface area (Å²) in [5, 5.41) is 13.6. The van der Waals surface area contributed by atoms with Crippen molar-refractivity contribution in [3.63, 3.8) is 0 Å². The second-order valence-electron chi connectivity index (χ2n) is 8.59. The third kappa shape index (κ3) is 4.27. The zero-order valence-corrected chi connectivity index (χ0v) is 18.5. The molecule has 0 unspecified atom stereocenters. The van der Waals surface area contributed by atoms with Crippen molar-refractivity contribution in [1.29, 1.82) is 0 Å². The molecule has 1 N–H and O–H groups in total. The number of ether oxygens (including phenoxy) is 2. The summed E-state index contributed by atoms with van der Waals surface area (Å²) in [4.78, 5) is 18.7. The smallest absolute Gasteiger partial charge is 0.253 e. The zero-order valence-electron chi connectivity index (χ0n) is 18.5. The fourth-order valence-electron chi connectivity index (χ4n) is 4.86. The molecule has 2 fully saturated rings. The van der Waals surface area contributed by atoms with Gasteiger partial charge in [0, 0.05) is 23.1 Å². The SMILES string of the molecule is CCOc1ccc2[nH]c(=O)c([C@@H](c3nnnn3C[C@@H]3CCCO3)N3CCCCC3)cc2c1. The second-order valence-corrected chi connectivity index (χ2v) is 8.59. The van der Waals surface area contributed by atoms with Crippen molar-refractivity contribution in [1.82, 2.24) is 30.1 Å². The number of tetrazole rings is 1. The minimum Gasteiger partial charge on any atom is -0.494 e. The van der Waals surface area contributed by atoms with Gasteiger partial charge in [-0.25, -0.2) is 4.68 Å². The van der Waals surface area contributed by atoms with Gasteiger partial charge in [-0.15, -0.1) is 5.10 Å². The van der Waals surface area contributed by atoms with E-state index in [-0.39, 0.29) is 17.7 Å². The number of nitrogens with zero attached hydrogens (tertiary/aromatic N) is 5. The third-order valence-electron chi connectivity index (χ3n) is 6.41. The summed E-state index contributed by atoms with van der Waals surface area (Å²) >= 11 is 0. The highest BCUT2D eigenvalue weighted by atomic mass is 16.5. The number of fused-ring (bicyclic) bond motifs is 1. The number of aromatic nitrogens is 5. The summed E-state index contributed by atoms with van der Waals surface area (Å²) < 4.78 is 13.3. The molecule has 32 heavy (non-hydrogen) atoms. The van der Waals surface area contributed by atoms with Crippen LogP contribution in [0.25, 0.3) is 10.9 Å². The standard InChI is InChI=1S/C23H30N6O3/c1-2-31-17-8-9-20-16(13-17)14-19(23(30)24-20)21(28-10-4-3-5-11-28)22-25-26-27-29(22)15-18-7-6-12-32-18/h8-9,13-14,18,21H,2-7,10-12,15H2,1H3,(H,24,30)/t18-,21-/m0/s1. The maximum absolute atomic E-state index is 13.3. The van der Waals surface area contributed by atoms with Crippen molar-refractivity contribution in [2.75, 3.05) is 26.3 Å². The van der Waals surface area contributed by atoms with Gasteiger partial charge in [-0.3, -0.25) is 9.69 Å². The van der Waals surface area contributed by atoms with Crippen molar-refractivity contribution in [2.45, 2.75) is 57.7 Å². The van der Waals surface area contributed by atoms with E-state index in [9.17, 15) is 4.79 Å². The van der Waals surface area contributed by atoms with Crippen LogP contribution in [-0.4, -0.2) is 62.5 Å². The van der Waals surface area contributed by atoms with Crippen LogP contribution in [0.5, 0.6) is 5.75 Å². The Hall–Kier alpha value is -2.78. The first-order valence-electron chi connectivity index (χ1n) is 11.6. The summed E-state index contributed by atoms with van der Waals surface area (Å²) in [6, 6.07) is 7.41. The van der Waals surface area contributed by atoms with Gasteiger partial charge in [0.2, 0.25) is 0 Å². The van der Waals surface area contributed by atoms with Gasteiger partial charge >= 0.3 is 0 Å². The number of rotatable bonds is 7. The van der Waals surface area contributed by atoms with Gasteiger partial charge in [-0.05, 0) is 80.4 Å². The van der Waals surface area contributed by atoms with Crippen LogP contribution in [0, 0.1) is 0 Å².